The van der Waals surface area contributed by atoms with Crippen molar-refractivity contribution in [2.45, 2.75) is 19.6 Å². The monoisotopic (exact) mass is 796 g/mol. The average Bonchev–Trinajstić information content (AvgIpc) is 3.30. The van der Waals surface area contributed by atoms with E-state index in [1.54, 1.807) is 0 Å². The van der Waals surface area contributed by atoms with Gasteiger partial charge in [-0.1, -0.05) is 176 Å². The Labute approximate surface area is 358 Å². The first-order valence-corrected chi connectivity index (χ1v) is 24.7. The molecule has 290 valence electrons. The Balaban J connectivity index is 1.09. The minimum Gasteiger partial charge on any atom is -0.295 e. The molecule has 0 saturated heterocycles. The Morgan fingerprint density at radius 2 is 0.803 bits per heavy atom. The molecule has 0 fully saturated rings. The van der Waals surface area contributed by atoms with Gasteiger partial charge in [0.25, 0.3) is 0 Å². The summed E-state index contributed by atoms with van der Waals surface area (Å²) in [5, 5.41) is 12.5. The summed E-state index contributed by atoms with van der Waals surface area (Å²) in [6, 6.07) is 78.0. The van der Waals surface area contributed by atoms with Gasteiger partial charge in [0.05, 0.1) is 13.6 Å². The Bertz CT molecular complexity index is 3450. The number of rotatable bonds is 7. The number of benzene rings is 10. The maximum Gasteiger partial charge on any atom is 0.138 e. The van der Waals surface area contributed by atoms with Crippen LogP contribution in [0.2, 0.25) is 19.6 Å². The minimum absolute atomic E-state index is 0.894. The molecule has 11 rings (SSSR count). The van der Waals surface area contributed by atoms with Crippen LogP contribution in [0.4, 0.5) is 17.2 Å². The van der Waals surface area contributed by atoms with Gasteiger partial charge in [0.1, 0.15) is 5.82 Å². The molecule has 0 amide bonds. The standard InChI is InChI=1S/C58H44N2Si/c1-61(2,3)50-32-30-49(31-33-50)60(56-35-27-42-14-8-11-19-55(42)59-56)48-28-24-41(25-29-48)45-26-34-53-54(38-45)58(47-23-21-40-13-5-7-16-44(40)37-47)52-18-10-9-17-51(52)57(53)46-22-20-39-12-4-6-15-43(39)36-46/h4-38H,1-3H3. The molecule has 61 heavy (non-hydrogen) atoms. The molecule has 0 aliphatic rings. The topological polar surface area (TPSA) is 16.1 Å². The molecule has 0 atom stereocenters. The van der Waals surface area contributed by atoms with E-state index in [1.807, 2.05) is 0 Å². The van der Waals surface area contributed by atoms with Gasteiger partial charge in [-0.05, 0) is 137 Å². The molecule has 0 unspecified atom stereocenters. The summed E-state index contributed by atoms with van der Waals surface area (Å²) in [6.07, 6.45) is 0. The summed E-state index contributed by atoms with van der Waals surface area (Å²) in [5.74, 6) is 0.894. The van der Waals surface area contributed by atoms with Gasteiger partial charge in [-0.15, -0.1) is 0 Å². The molecule has 0 aliphatic carbocycles. The molecule has 2 nitrogen and oxygen atoms in total. The smallest absolute Gasteiger partial charge is 0.138 e. The normalized spacial score (nSPS) is 11.9. The van der Waals surface area contributed by atoms with Crippen molar-refractivity contribution in [2.75, 3.05) is 4.90 Å². The van der Waals surface area contributed by atoms with E-state index in [0.717, 1.165) is 33.7 Å². The number of fused-ring (bicyclic) bond motifs is 5. The summed E-state index contributed by atoms with van der Waals surface area (Å²) >= 11 is 0. The zero-order valence-electron chi connectivity index (χ0n) is 34.6. The maximum atomic E-state index is 5.18. The quantitative estimate of drug-likeness (QED) is 0.118. The Morgan fingerprint density at radius 1 is 0.344 bits per heavy atom. The van der Waals surface area contributed by atoms with Crippen molar-refractivity contribution in [3.63, 3.8) is 0 Å². The van der Waals surface area contributed by atoms with Crippen LogP contribution in [0.15, 0.2) is 212 Å². The summed E-state index contributed by atoms with van der Waals surface area (Å²) < 4.78 is 0. The predicted octanol–water partition coefficient (Wildman–Crippen LogP) is 15.9. The van der Waals surface area contributed by atoms with Crippen molar-refractivity contribution in [1.29, 1.82) is 0 Å². The average molecular weight is 797 g/mol. The van der Waals surface area contributed by atoms with Crippen molar-refractivity contribution < 1.29 is 0 Å². The second kappa shape index (κ2) is 14.7. The third kappa shape index (κ3) is 6.64. The molecule has 0 N–H and O–H groups in total. The third-order valence-electron chi connectivity index (χ3n) is 12.4. The first kappa shape index (κ1) is 36.7. The van der Waals surface area contributed by atoms with E-state index >= 15 is 0 Å². The fraction of sp³-hybridized carbons (Fsp3) is 0.0517. The lowest BCUT2D eigenvalue weighted by Gasteiger charge is -2.26. The van der Waals surface area contributed by atoms with E-state index < -0.39 is 8.07 Å². The van der Waals surface area contributed by atoms with Crippen LogP contribution in [0.3, 0.4) is 0 Å². The fourth-order valence-corrected chi connectivity index (χ4v) is 10.3. The lowest BCUT2D eigenvalue weighted by molar-refractivity contribution is 1.21. The minimum atomic E-state index is -1.47. The van der Waals surface area contributed by atoms with Crippen LogP contribution >= 0.6 is 0 Å². The highest BCUT2D eigenvalue weighted by Gasteiger charge is 2.21. The summed E-state index contributed by atoms with van der Waals surface area (Å²) in [5.41, 5.74) is 10.4. The highest BCUT2D eigenvalue weighted by molar-refractivity contribution is 6.88. The SMILES string of the molecule is C[Si](C)(C)c1ccc(N(c2ccc(-c3ccc4c(-c5ccc6ccccc6c5)c5ccccc5c(-c5ccc6ccccc6c5)c4c3)cc2)c2ccc3ccccc3n2)cc1. The number of anilines is 3. The largest absolute Gasteiger partial charge is 0.295 e. The van der Waals surface area contributed by atoms with Gasteiger partial charge >= 0.3 is 0 Å². The highest BCUT2D eigenvalue weighted by Crippen LogP contribution is 2.46. The molecule has 10 aromatic carbocycles. The van der Waals surface area contributed by atoms with Crippen LogP contribution in [0.1, 0.15) is 0 Å². The Hall–Kier alpha value is -7.33. The molecule has 1 aromatic heterocycles. The van der Waals surface area contributed by atoms with Crippen LogP contribution in [0.5, 0.6) is 0 Å². The van der Waals surface area contributed by atoms with Crippen LogP contribution in [-0.2, 0) is 0 Å². The number of hydrogen-bond acceptors (Lipinski definition) is 2. The second-order valence-corrected chi connectivity index (χ2v) is 22.3. The van der Waals surface area contributed by atoms with E-state index in [1.165, 1.54) is 76.1 Å². The zero-order chi connectivity index (χ0) is 41.1. The zero-order valence-corrected chi connectivity index (χ0v) is 35.6. The van der Waals surface area contributed by atoms with Gasteiger partial charge in [-0.3, -0.25) is 4.90 Å². The van der Waals surface area contributed by atoms with Gasteiger partial charge in [0, 0.05) is 16.8 Å². The fourth-order valence-electron chi connectivity index (χ4n) is 9.18. The Kier molecular flexibility index (Phi) is 8.87. The van der Waals surface area contributed by atoms with Crippen molar-refractivity contribution in [2.24, 2.45) is 0 Å². The first-order chi connectivity index (χ1) is 29.9. The molecule has 1 heterocycles. The predicted molar refractivity (Wildman–Crippen MR) is 266 cm³/mol. The van der Waals surface area contributed by atoms with Crippen molar-refractivity contribution in [3.05, 3.63) is 212 Å². The third-order valence-corrected chi connectivity index (χ3v) is 14.4. The highest BCUT2D eigenvalue weighted by atomic mass is 28.3. The van der Waals surface area contributed by atoms with Gasteiger partial charge in [-0.2, -0.15) is 0 Å². The Morgan fingerprint density at radius 3 is 1.41 bits per heavy atom. The van der Waals surface area contributed by atoms with Crippen LogP contribution in [0.25, 0.3) is 87.4 Å². The second-order valence-electron chi connectivity index (χ2n) is 17.2. The molecule has 3 heteroatoms. The molecule has 11 aromatic rings. The first-order valence-electron chi connectivity index (χ1n) is 21.2. The summed E-state index contributed by atoms with van der Waals surface area (Å²) in [6.45, 7) is 7.19. The van der Waals surface area contributed by atoms with E-state index in [0.29, 0.717) is 0 Å². The lowest BCUT2D eigenvalue weighted by Crippen LogP contribution is -2.37. The van der Waals surface area contributed by atoms with Gasteiger partial charge < -0.3 is 0 Å². The van der Waals surface area contributed by atoms with E-state index in [2.05, 4.69) is 237 Å². The molecule has 0 radical (unpaired) electrons. The van der Waals surface area contributed by atoms with Crippen LogP contribution in [0, 0.1) is 0 Å². The van der Waals surface area contributed by atoms with Crippen molar-refractivity contribution in [3.8, 4) is 33.4 Å². The van der Waals surface area contributed by atoms with Crippen molar-refractivity contribution >= 4 is 84.4 Å². The summed E-state index contributed by atoms with van der Waals surface area (Å²) in [4.78, 5) is 7.46. The van der Waals surface area contributed by atoms with E-state index in [4.69, 9.17) is 4.98 Å². The van der Waals surface area contributed by atoms with E-state index in [9.17, 15) is 0 Å². The van der Waals surface area contributed by atoms with Gasteiger partial charge in [-0.25, -0.2) is 4.98 Å². The number of para-hydroxylation sites is 1. The number of hydrogen-bond donors (Lipinski definition) is 0. The van der Waals surface area contributed by atoms with E-state index in [-0.39, 0.29) is 0 Å². The summed E-state index contributed by atoms with van der Waals surface area (Å²) in [7, 11) is -1.47. The molecule has 0 bridgehead atoms. The number of nitrogens with zero attached hydrogens (tertiary/aromatic N) is 2. The van der Waals surface area contributed by atoms with Crippen LogP contribution < -0.4 is 10.1 Å². The van der Waals surface area contributed by atoms with Gasteiger partial charge in [0.2, 0.25) is 0 Å². The number of aromatic nitrogens is 1. The number of pyridine rings is 1. The molecular weight excluding hydrogens is 753 g/mol. The van der Waals surface area contributed by atoms with Gasteiger partial charge in [0.15, 0.2) is 0 Å². The maximum absolute atomic E-state index is 5.18. The van der Waals surface area contributed by atoms with Crippen LogP contribution in [-0.4, -0.2) is 13.1 Å². The molecule has 0 saturated carbocycles. The molecule has 0 aliphatic heterocycles. The molecule has 0 spiro atoms. The molecular formula is C58H44N2Si. The van der Waals surface area contributed by atoms with Crippen molar-refractivity contribution in [1.82, 2.24) is 4.98 Å². The lowest BCUT2D eigenvalue weighted by atomic mass is 9.84.